The zero-order valence-electron chi connectivity index (χ0n) is 32.6. The van der Waals surface area contributed by atoms with Crippen LogP contribution in [0.25, 0.3) is 11.3 Å². The van der Waals surface area contributed by atoms with Crippen molar-refractivity contribution in [3.63, 3.8) is 0 Å². The number of likely N-dealkylation sites (tertiary alicyclic amines) is 1. The van der Waals surface area contributed by atoms with Gasteiger partial charge in [0.1, 0.15) is 35.8 Å². The van der Waals surface area contributed by atoms with Crippen molar-refractivity contribution < 1.29 is 51.7 Å². The lowest BCUT2D eigenvalue weighted by Gasteiger charge is -2.41. The number of alkyl halides is 1. The third kappa shape index (κ3) is 10.2. The maximum Gasteiger partial charge on any atom is 0.320 e. The molecule has 4 amide bonds. The number of benzene rings is 2. The minimum absolute atomic E-state index is 0.00940. The number of nitrogens with zero attached hydrogens (tertiary/aromatic N) is 5. The number of rotatable bonds is 16. The first-order valence-corrected chi connectivity index (χ1v) is 20.1. The molecule has 7 rings (SSSR count). The standard InChI is InChI=1S/C42H49F3N6O8/c43-30-8-9-32(44)31(19-30)34-24-48(22-27-5-2-1-3-6-27)41(47-34)40(28-12-16-58-17-13-28)51(23-29-20-46-21-33(29)45)42(56)49-25-35(52)36(26-49)59-39(55)7-4-15-57-18-14-50-37(53)10-11-38(50)54/h1-3,5-6,8-11,19,24,28-29,33,35-36,40,46,52H,4,7,12-18,20-23,25-26H2/t29-,33-,35+,36-,40+/m0/s1. The number of hydrogen-bond acceptors (Lipinski definition) is 10. The van der Waals surface area contributed by atoms with Crippen molar-refractivity contribution in [3.05, 3.63) is 89.9 Å². The monoisotopic (exact) mass is 822 g/mol. The fraction of sp³-hybridized carbons (Fsp3) is 0.500. The number of ether oxygens (including phenoxy) is 3. The number of imide groups is 1. The van der Waals surface area contributed by atoms with Crippen LogP contribution in [0.2, 0.25) is 0 Å². The molecule has 2 N–H and O–H groups in total. The number of aliphatic hydroxyl groups is 1. The van der Waals surface area contributed by atoms with Crippen LogP contribution in [0.4, 0.5) is 18.0 Å². The van der Waals surface area contributed by atoms with Crippen LogP contribution in [-0.2, 0) is 35.1 Å². The highest BCUT2D eigenvalue weighted by Gasteiger charge is 2.45. The SMILES string of the molecule is O=C(CCCOCCN1C(=O)C=CC1=O)O[C@H]1CN(C(=O)N(C[C@@H]2CNC[C@@H]2F)[C@@H](c2nc(-c3cc(F)ccc3F)cn2Cc2ccccc2)C2CCOCC2)C[C@H]1O. The van der Waals surface area contributed by atoms with E-state index in [2.05, 4.69) is 5.32 Å². The van der Waals surface area contributed by atoms with Crippen molar-refractivity contribution in [3.8, 4) is 11.3 Å². The summed E-state index contributed by atoms with van der Waals surface area (Å²) < 4.78 is 64.0. The number of halogens is 3. The fourth-order valence-corrected chi connectivity index (χ4v) is 8.14. The van der Waals surface area contributed by atoms with Crippen molar-refractivity contribution in [2.45, 2.75) is 56.6 Å². The van der Waals surface area contributed by atoms with E-state index in [1.54, 1.807) is 11.1 Å². The van der Waals surface area contributed by atoms with Gasteiger partial charge in [0.15, 0.2) is 0 Å². The quantitative estimate of drug-likeness (QED) is 0.124. The molecule has 0 spiro atoms. The predicted octanol–water partition coefficient (Wildman–Crippen LogP) is 3.63. The minimum Gasteiger partial charge on any atom is -0.458 e. The third-order valence-corrected chi connectivity index (χ3v) is 11.3. The number of amides is 4. The van der Waals surface area contributed by atoms with E-state index >= 15 is 8.78 Å². The Kier molecular flexibility index (Phi) is 13.8. The first kappa shape index (κ1) is 42.0. The maximum absolute atomic E-state index is 15.4. The van der Waals surface area contributed by atoms with Crippen LogP contribution in [-0.4, -0.2) is 137 Å². The second-order valence-corrected chi connectivity index (χ2v) is 15.4. The molecule has 1 aromatic heterocycles. The number of β-amino-alcohol motifs (C(OH)–C–C–N with tert-alkyl or cyclic N) is 1. The van der Waals surface area contributed by atoms with Crippen LogP contribution in [0.3, 0.4) is 0 Å². The molecule has 14 nitrogen and oxygen atoms in total. The number of esters is 1. The van der Waals surface area contributed by atoms with Gasteiger partial charge in [-0.05, 0) is 48.9 Å². The first-order valence-electron chi connectivity index (χ1n) is 20.1. The van der Waals surface area contributed by atoms with Crippen LogP contribution in [0.5, 0.6) is 0 Å². The van der Waals surface area contributed by atoms with Gasteiger partial charge in [-0.3, -0.25) is 19.3 Å². The van der Waals surface area contributed by atoms with Gasteiger partial charge in [-0.2, -0.15) is 0 Å². The van der Waals surface area contributed by atoms with E-state index in [-0.39, 0.29) is 76.0 Å². The Labute approximate surface area is 339 Å². The van der Waals surface area contributed by atoms with Crippen LogP contribution in [0.1, 0.15) is 43.1 Å². The summed E-state index contributed by atoms with van der Waals surface area (Å²) in [4.78, 5) is 60.2. The molecule has 5 atom stereocenters. The Bertz CT molecular complexity index is 1980. The van der Waals surface area contributed by atoms with Gasteiger partial charge in [-0.1, -0.05) is 30.3 Å². The molecule has 316 valence electrons. The lowest BCUT2D eigenvalue weighted by molar-refractivity contribution is -0.152. The summed E-state index contributed by atoms with van der Waals surface area (Å²) in [7, 11) is 0. The summed E-state index contributed by atoms with van der Waals surface area (Å²) in [6.07, 6.45) is 1.88. The topological polar surface area (TPSA) is 156 Å². The van der Waals surface area contributed by atoms with Crippen molar-refractivity contribution in [1.82, 2.24) is 29.6 Å². The molecular formula is C42H49F3N6O8. The summed E-state index contributed by atoms with van der Waals surface area (Å²) in [5, 5.41) is 14.2. The molecule has 0 bridgehead atoms. The van der Waals surface area contributed by atoms with E-state index in [0.29, 0.717) is 45.0 Å². The molecule has 0 aliphatic carbocycles. The molecule has 3 aromatic rings. The molecule has 2 aromatic carbocycles. The molecule has 0 saturated carbocycles. The molecule has 59 heavy (non-hydrogen) atoms. The average Bonchev–Trinajstić information content (AvgIpc) is 4.01. The number of aromatic nitrogens is 2. The Morgan fingerprint density at radius 2 is 1.78 bits per heavy atom. The molecule has 3 saturated heterocycles. The molecule has 4 aliphatic rings. The van der Waals surface area contributed by atoms with Gasteiger partial charge in [0.25, 0.3) is 11.8 Å². The first-order chi connectivity index (χ1) is 28.5. The van der Waals surface area contributed by atoms with Gasteiger partial charge in [-0.25, -0.2) is 22.9 Å². The number of imidazole rings is 1. The number of carbonyl (C=O) groups is 4. The van der Waals surface area contributed by atoms with Gasteiger partial charge in [0.05, 0.1) is 38.0 Å². The molecule has 4 aliphatic heterocycles. The van der Waals surface area contributed by atoms with Crippen LogP contribution in [0.15, 0.2) is 66.9 Å². The minimum atomic E-state index is -1.24. The Morgan fingerprint density at radius 1 is 1.02 bits per heavy atom. The van der Waals surface area contributed by atoms with Crippen LogP contribution in [0, 0.1) is 23.5 Å². The fourth-order valence-electron chi connectivity index (χ4n) is 8.14. The summed E-state index contributed by atoms with van der Waals surface area (Å²) >= 11 is 0. The molecular weight excluding hydrogens is 773 g/mol. The van der Waals surface area contributed by atoms with E-state index in [4.69, 9.17) is 19.2 Å². The third-order valence-electron chi connectivity index (χ3n) is 11.3. The molecule has 17 heteroatoms. The number of nitrogens with one attached hydrogen (secondary N) is 1. The van der Waals surface area contributed by atoms with E-state index < -0.39 is 65.8 Å². The number of hydrogen-bond donors (Lipinski definition) is 2. The zero-order chi connectivity index (χ0) is 41.5. The highest BCUT2D eigenvalue weighted by molar-refractivity contribution is 6.12. The van der Waals surface area contributed by atoms with Crippen molar-refractivity contribution in [2.24, 2.45) is 11.8 Å². The summed E-state index contributed by atoms with van der Waals surface area (Å²) in [5.74, 6) is -3.11. The summed E-state index contributed by atoms with van der Waals surface area (Å²) in [5.41, 5.74) is 1.03. The molecule has 5 heterocycles. The normalized spacial score (nSPS) is 22.7. The van der Waals surface area contributed by atoms with Crippen LogP contribution >= 0.6 is 0 Å². The van der Waals surface area contributed by atoms with Crippen LogP contribution < -0.4 is 5.32 Å². The second-order valence-electron chi connectivity index (χ2n) is 15.4. The Morgan fingerprint density at radius 3 is 2.51 bits per heavy atom. The summed E-state index contributed by atoms with van der Waals surface area (Å²) in [6, 6.07) is 11.4. The lowest BCUT2D eigenvalue weighted by atomic mass is 9.89. The van der Waals surface area contributed by atoms with Crippen molar-refractivity contribution in [2.75, 3.05) is 65.7 Å². The smallest absolute Gasteiger partial charge is 0.320 e. The Hall–Kier alpha value is -5.10. The van der Waals surface area contributed by atoms with Gasteiger partial charge in [0.2, 0.25) is 0 Å². The van der Waals surface area contributed by atoms with E-state index in [0.717, 1.165) is 28.7 Å². The van der Waals surface area contributed by atoms with E-state index in [1.165, 1.54) is 17.1 Å². The highest BCUT2D eigenvalue weighted by Crippen LogP contribution is 2.39. The van der Waals surface area contributed by atoms with Gasteiger partial charge < -0.3 is 39.0 Å². The van der Waals surface area contributed by atoms with Gasteiger partial charge in [-0.15, -0.1) is 0 Å². The highest BCUT2D eigenvalue weighted by atomic mass is 19.1. The molecule has 3 fully saturated rings. The van der Waals surface area contributed by atoms with Crippen molar-refractivity contribution >= 4 is 23.8 Å². The van der Waals surface area contributed by atoms with E-state index in [9.17, 15) is 28.7 Å². The van der Waals surface area contributed by atoms with E-state index in [1.807, 2.05) is 34.9 Å². The molecule has 0 unspecified atom stereocenters. The number of urea groups is 1. The zero-order valence-corrected chi connectivity index (χ0v) is 32.6. The average molecular weight is 823 g/mol. The lowest BCUT2D eigenvalue weighted by Crippen LogP contribution is -2.50. The number of carbonyl (C=O) groups excluding carboxylic acids is 4. The second kappa shape index (κ2) is 19.3. The largest absolute Gasteiger partial charge is 0.458 e. The predicted molar refractivity (Wildman–Crippen MR) is 206 cm³/mol. The van der Waals surface area contributed by atoms with Crippen molar-refractivity contribution in [1.29, 1.82) is 0 Å². The molecule has 0 radical (unpaired) electrons. The Balaban J connectivity index is 1.11. The number of aliphatic hydroxyl groups excluding tert-OH is 1. The maximum atomic E-state index is 15.4. The summed E-state index contributed by atoms with van der Waals surface area (Å²) in [6.45, 7) is 1.63. The van der Waals surface area contributed by atoms with Gasteiger partial charge >= 0.3 is 12.0 Å². The van der Waals surface area contributed by atoms with Gasteiger partial charge in [0, 0.05) is 82.3 Å².